The Morgan fingerprint density at radius 2 is 2.25 bits per heavy atom. The lowest BCUT2D eigenvalue weighted by atomic mass is 10.0. The monoisotopic (exact) mass is 276 g/mol. The topological polar surface area (TPSA) is 37.3 Å². The van der Waals surface area contributed by atoms with Gasteiger partial charge in [-0.15, -0.1) is 0 Å². The van der Waals surface area contributed by atoms with Gasteiger partial charge in [0, 0.05) is 4.43 Å². The van der Waals surface area contributed by atoms with Crippen LogP contribution in [0, 0.1) is 6.92 Å². The van der Waals surface area contributed by atoms with Gasteiger partial charge in [0.05, 0.1) is 5.56 Å². The lowest BCUT2D eigenvalue weighted by Crippen LogP contribution is -2.01. The molecule has 12 heavy (non-hydrogen) atoms. The molecule has 0 saturated carbocycles. The fourth-order valence-electron chi connectivity index (χ4n) is 1.06. The maximum Gasteiger partial charge on any atom is 0.335 e. The number of alkyl halides is 1. The predicted octanol–water partition coefficient (Wildman–Crippen LogP) is 2.63. The predicted molar refractivity (Wildman–Crippen MR) is 55.9 cm³/mol. The van der Waals surface area contributed by atoms with Crippen LogP contribution in [-0.4, -0.2) is 11.1 Å². The van der Waals surface area contributed by atoms with E-state index < -0.39 is 5.97 Å². The zero-order chi connectivity index (χ0) is 9.14. The fraction of sp³-hybridized carbons (Fsp3) is 0.222. The molecule has 1 N–H and O–H groups in total. The Labute approximate surface area is 84.7 Å². The molecule has 0 fully saturated rings. The first-order valence-corrected chi connectivity index (χ1v) is 5.07. The number of aromatic carboxylic acids is 1. The van der Waals surface area contributed by atoms with E-state index in [2.05, 4.69) is 22.6 Å². The van der Waals surface area contributed by atoms with E-state index >= 15 is 0 Å². The van der Waals surface area contributed by atoms with Gasteiger partial charge in [0.25, 0.3) is 0 Å². The van der Waals surface area contributed by atoms with Gasteiger partial charge in [0.1, 0.15) is 0 Å². The molecule has 0 aliphatic rings. The molecule has 0 aliphatic carbocycles. The van der Waals surface area contributed by atoms with Gasteiger partial charge in [-0.2, -0.15) is 0 Å². The summed E-state index contributed by atoms with van der Waals surface area (Å²) in [6.07, 6.45) is 0. The number of hydrogen-bond acceptors (Lipinski definition) is 1. The molecule has 0 spiro atoms. The van der Waals surface area contributed by atoms with Crippen molar-refractivity contribution in [3.8, 4) is 0 Å². The van der Waals surface area contributed by atoms with E-state index in [1.165, 1.54) is 0 Å². The minimum Gasteiger partial charge on any atom is -0.478 e. The maximum atomic E-state index is 10.7. The van der Waals surface area contributed by atoms with Crippen LogP contribution in [0.5, 0.6) is 0 Å². The minimum absolute atomic E-state index is 0.407. The van der Waals surface area contributed by atoms with Crippen LogP contribution in [0.15, 0.2) is 18.2 Å². The van der Waals surface area contributed by atoms with Crippen molar-refractivity contribution in [2.24, 2.45) is 0 Å². The Bertz CT molecular complexity index is 307. The van der Waals surface area contributed by atoms with Gasteiger partial charge in [-0.25, -0.2) is 4.79 Å². The quantitative estimate of drug-likeness (QED) is 0.666. The second-order valence-corrected chi connectivity index (χ2v) is 3.29. The molecule has 0 atom stereocenters. The zero-order valence-electron chi connectivity index (χ0n) is 6.67. The molecule has 1 rings (SSSR count). The van der Waals surface area contributed by atoms with Gasteiger partial charge >= 0.3 is 5.97 Å². The molecule has 2 nitrogen and oxygen atoms in total. The smallest absolute Gasteiger partial charge is 0.335 e. The van der Waals surface area contributed by atoms with Crippen LogP contribution in [-0.2, 0) is 4.43 Å². The van der Waals surface area contributed by atoms with E-state index in [9.17, 15) is 4.79 Å². The first kappa shape index (κ1) is 9.51. The Hall–Kier alpha value is -0.580. The summed E-state index contributed by atoms with van der Waals surface area (Å²) in [7, 11) is 0. The lowest BCUT2D eigenvalue weighted by molar-refractivity contribution is 0.0696. The van der Waals surface area contributed by atoms with Crippen molar-refractivity contribution in [2.75, 3.05) is 0 Å². The van der Waals surface area contributed by atoms with Crippen LogP contribution in [0.25, 0.3) is 0 Å². The SMILES string of the molecule is Cc1c(CI)cccc1C(=O)O. The van der Waals surface area contributed by atoms with Crippen LogP contribution >= 0.6 is 22.6 Å². The second kappa shape index (κ2) is 3.89. The largest absolute Gasteiger partial charge is 0.478 e. The number of carboxylic acids is 1. The summed E-state index contributed by atoms with van der Waals surface area (Å²) in [4.78, 5) is 10.7. The zero-order valence-corrected chi connectivity index (χ0v) is 8.83. The van der Waals surface area contributed by atoms with Crippen molar-refractivity contribution >= 4 is 28.6 Å². The summed E-state index contributed by atoms with van der Waals surface area (Å²) < 4.78 is 0.852. The van der Waals surface area contributed by atoms with Crippen molar-refractivity contribution in [2.45, 2.75) is 11.4 Å². The van der Waals surface area contributed by atoms with Gasteiger partial charge in [0.15, 0.2) is 0 Å². The normalized spacial score (nSPS) is 9.83. The molecule has 3 heteroatoms. The molecule has 0 aliphatic heterocycles. The first-order valence-electron chi connectivity index (χ1n) is 3.54. The molecule has 0 aromatic heterocycles. The average molecular weight is 276 g/mol. The van der Waals surface area contributed by atoms with Gasteiger partial charge in [-0.3, -0.25) is 0 Å². The fourth-order valence-corrected chi connectivity index (χ4v) is 1.89. The van der Waals surface area contributed by atoms with Crippen LogP contribution in [0.1, 0.15) is 21.5 Å². The van der Waals surface area contributed by atoms with E-state index in [0.717, 1.165) is 15.6 Å². The molecule has 64 valence electrons. The molecular formula is C9H9IO2. The molecule has 0 unspecified atom stereocenters. The third kappa shape index (κ3) is 1.77. The summed E-state index contributed by atoms with van der Waals surface area (Å²) in [6.45, 7) is 1.84. The van der Waals surface area contributed by atoms with Crippen LogP contribution in [0.4, 0.5) is 0 Å². The lowest BCUT2D eigenvalue weighted by Gasteiger charge is -2.04. The molecule has 0 radical (unpaired) electrons. The van der Waals surface area contributed by atoms with E-state index in [1.807, 2.05) is 13.0 Å². The van der Waals surface area contributed by atoms with E-state index in [4.69, 9.17) is 5.11 Å². The van der Waals surface area contributed by atoms with Crippen molar-refractivity contribution in [1.29, 1.82) is 0 Å². The van der Waals surface area contributed by atoms with Crippen LogP contribution < -0.4 is 0 Å². The molecule has 0 saturated heterocycles. The second-order valence-electron chi connectivity index (χ2n) is 2.53. The number of benzene rings is 1. The maximum absolute atomic E-state index is 10.7. The van der Waals surface area contributed by atoms with Gasteiger partial charge in [0.2, 0.25) is 0 Å². The summed E-state index contributed by atoms with van der Waals surface area (Å²) in [5.41, 5.74) is 2.37. The van der Waals surface area contributed by atoms with Gasteiger partial charge in [-0.05, 0) is 24.1 Å². The highest BCUT2D eigenvalue weighted by Crippen LogP contribution is 2.16. The highest BCUT2D eigenvalue weighted by atomic mass is 127. The molecule has 0 heterocycles. The summed E-state index contributed by atoms with van der Waals surface area (Å²) >= 11 is 2.23. The molecular weight excluding hydrogens is 267 g/mol. The summed E-state index contributed by atoms with van der Waals surface area (Å²) in [5, 5.41) is 8.78. The van der Waals surface area contributed by atoms with Crippen molar-refractivity contribution in [3.63, 3.8) is 0 Å². The van der Waals surface area contributed by atoms with E-state index in [1.54, 1.807) is 12.1 Å². The van der Waals surface area contributed by atoms with Crippen LogP contribution in [0.2, 0.25) is 0 Å². The number of halogens is 1. The van der Waals surface area contributed by atoms with E-state index in [-0.39, 0.29) is 0 Å². The molecule has 0 amide bonds. The number of carbonyl (C=O) groups is 1. The minimum atomic E-state index is -0.848. The van der Waals surface area contributed by atoms with Crippen molar-refractivity contribution < 1.29 is 9.90 Å². The van der Waals surface area contributed by atoms with Gasteiger partial charge in [-0.1, -0.05) is 34.7 Å². The Kier molecular flexibility index (Phi) is 3.08. The third-order valence-corrected chi connectivity index (χ3v) is 2.64. The molecule has 0 bridgehead atoms. The summed E-state index contributed by atoms with van der Waals surface area (Å²) in [6, 6.07) is 5.37. The van der Waals surface area contributed by atoms with Crippen LogP contribution in [0.3, 0.4) is 0 Å². The molecule has 1 aromatic rings. The standard InChI is InChI=1S/C9H9IO2/c1-6-7(5-10)3-2-4-8(6)9(11)12/h2-4H,5H2,1H3,(H,11,12). The highest BCUT2D eigenvalue weighted by molar-refractivity contribution is 14.1. The first-order chi connectivity index (χ1) is 5.66. The Balaban J connectivity index is 3.23. The van der Waals surface area contributed by atoms with Crippen molar-refractivity contribution in [3.05, 3.63) is 34.9 Å². The highest BCUT2D eigenvalue weighted by Gasteiger charge is 2.08. The van der Waals surface area contributed by atoms with Crippen molar-refractivity contribution in [1.82, 2.24) is 0 Å². The van der Waals surface area contributed by atoms with Gasteiger partial charge < -0.3 is 5.11 Å². The number of carboxylic acid groups (broad SMARTS) is 1. The molecule has 1 aromatic carbocycles. The Morgan fingerprint density at radius 1 is 1.58 bits per heavy atom. The summed E-state index contributed by atoms with van der Waals surface area (Å²) in [5.74, 6) is -0.848. The number of hydrogen-bond donors (Lipinski definition) is 1. The Morgan fingerprint density at radius 3 is 2.75 bits per heavy atom. The van der Waals surface area contributed by atoms with E-state index in [0.29, 0.717) is 5.56 Å². The third-order valence-electron chi connectivity index (χ3n) is 1.82. The number of rotatable bonds is 2. The average Bonchev–Trinajstić information content (AvgIpc) is 2.04.